The Labute approximate surface area is 141 Å². The molecule has 1 aromatic heterocycles. The van der Waals surface area contributed by atoms with E-state index in [9.17, 15) is 9.59 Å². The third-order valence-corrected chi connectivity index (χ3v) is 3.83. The topological polar surface area (TPSA) is 62.7 Å². The van der Waals surface area contributed by atoms with Gasteiger partial charge in [-0.2, -0.15) is 0 Å². The number of amides is 2. The molecular weight excluding hydrogens is 318 g/mol. The van der Waals surface area contributed by atoms with Crippen molar-refractivity contribution in [1.82, 2.24) is 14.8 Å². The predicted octanol–water partition coefficient (Wildman–Crippen LogP) is 2.82. The van der Waals surface area contributed by atoms with Crippen LogP contribution in [0.5, 0.6) is 0 Å². The van der Waals surface area contributed by atoms with E-state index in [0.717, 1.165) is 0 Å². The lowest BCUT2D eigenvalue weighted by Gasteiger charge is -2.40. The van der Waals surface area contributed by atoms with Crippen LogP contribution in [-0.4, -0.2) is 58.1 Å². The summed E-state index contributed by atoms with van der Waals surface area (Å²) >= 11 is 5.98. The van der Waals surface area contributed by atoms with E-state index in [-0.39, 0.29) is 23.2 Å². The number of halogens is 1. The average Bonchev–Trinajstić information content (AvgIpc) is 2.45. The molecule has 0 aliphatic carbocycles. The number of piperazine rings is 1. The Balaban J connectivity index is 2.03. The second-order valence-corrected chi connectivity index (χ2v) is 6.97. The van der Waals surface area contributed by atoms with Gasteiger partial charge in [-0.15, -0.1) is 0 Å². The fourth-order valence-electron chi connectivity index (χ4n) is 2.45. The van der Waals surface area contributed by atoms with Crippen molar-refractivity contribution in [3.63, 3.8) is 0 Å². The molecule has 126 valence electrons. The minimum Gasteiger partial charge on any atom is -0.444 e. The fourth-order valence-corrected chi connectivity index (χ4v) is 2.65. The normalized spacial score (nSPS) is 18.7. The van der Waals surface area contributed by atoms with Crippen LogP contribution in [0, 0.1) is 0 Å². The van der Waals surface area contributed by atoms with E-state index in [0.29, 0.717) is 25.2 Å². The van der Waals surface area contributed by atoms with Crippen molar-refractivity contribution in [2.45, 2.75) is 39.3 Å². The maximum atomic E-state index is 12.5. The number of pyridine rings is 1. The van der Waals surface area contributed by atoms with E-state index in [1.165, 1.54) is 0 Å². The Morgan fingerprint density at radius 2 is 2.04 bits per heavy atom. The molecule has 2 heterocycles. The van der Waals surface area contributed by atoms with Gasteiger partial charge in [-0.25, -0.2) is 9.78 Å². The summed E-state index contributed by atoms with van der Waals surface area (Å²) < 4.78 is 5.40. The molecule has 7 heteroatoms. The summed E-state index contributed by atoms with van der Waals surface area (Å²) in [6, 6.07) is 3.21. The van der Waals surface area contributed by atoms with Crippen LogP contribution >= 0.6 is 11.6 Å². The quantitative estimate of drug-likeness (QED) is 0.738. The molecule has 0 aromatic carbocycles. The summed E-state index contributed by atoms with van der Waals surface area (Å²) in [6.45, 7) is 8.70. The summed E-state index contributed by atoms with van der Waals surface area (Å²) in [4.78, 5) is 32.0. The third-order valence-electron chi connectivity index (χ3n) is 3.53. The number of hydrogen-bond acceptors (Lipinski definition) is 4. The molecule has 0 radical (unpaired) electrons. The summed E-state index contributed by atoms with van der Waals surface area (Å²) in [5.74, 6) is -0.168. The van der Waals surface area contributed by atoms with Gasteiger partial charge in [0.25, 0.3) is 5.91 Å². The summed E-state index contributed by atoms with van der Waals surface area (Å²) in [5, 5.41) is 0.194. The summed E-state index contributed by atoms with van der Waals surface area (Å²) in [7, 11) is 0. The van der Waals surface area contributed by atoms with Crippen LogP contribution in [0.3, 0.4) is 0 Å². The van der Waals surface area contributed by atoms with E-state index in [2.05, 4.69) is 4.98 Å². The second-order valence-electron chi connectivity index (χ2n) is 6.62. The van der Waals surface area contributed by atoms with Crippen LogP contribution < -0.4 is 0 Å². The lowest BCUT2D eigenvalue weighted by atomic mass is 10.1. The summed E-state index contributed by atoms with van der Waals surface area (Å²) in [5.41, 5.74) is -0.153. The highest BCUT2D eigenvalue weighted by molar-refractivity contribution is 6.32. The molecule has 1 aromatic rings. The predicted molar refractivity (Wildman–Crippen MR) is 87.6 cm³/mol. The maximum absolute atomic E-state index is 12.5. The lowest BCUT2D eigenvalue weighted by Crippen LogP contribution is -2.56. The van der Waals surface area contributed by atoms with Gasteiger partial charge in [0.05, 0.1) is 5.56 Å². The zero-order chi connectivity index (χ0) is 17.2. The molecule has 0 spiro atoms. The lowest BCUT2D eigenvalue weighted by molar-refractivity contribution is 0.00198. The minimum atomic E-state index is -0.535. The number of ether oxygens (including phenoxy) is 1. The molecular formula is C16H22ClN3O3. The first-order valence-corrected chi connectivity index (χ1v) is 7.96. The molecule has 1 fully saturated rings. The maximum Gasteiger partial charge on any atom is 0.410 e. The van der Waals surface area contributed by atoms with Gasteiger partial charge in [0, 0.05) is 31.9 Å². The van der Waals surface area contributed by atoms with Gasteiger partial charge in [0.2, 0.25) is 0 Å². The molecule has 23 heavy (non-hydrogen) atoms. The number of hydrogen-bond donors (Lipinski definition) is 0. The molecule has 0 unspecified atom stereocenters. The van der Waals surface area contributed by atoms with Gasteiger partial charge in [-0.1, -0.05) is 11.6 Å². The molecule has 0 N–H and O–H groups in total. The number of nitrogens with zero attached hydrogens (tertiary/aromatic N) is 3. The van der Waals surface area contributed by atoms with Gasteiger partial charge in [-0.3, -0.25) is 4.79 Å². The molecule has 1 saturated heterocycles. The SMILES string of the molecule is C[C@@H]1CN(C(=O)c2cccnc2Cl)CCN1C(=O)OC(C)(C)C. The highest BCUT2D eigenvalue weighted by atomic mass is 35.5. The van der Waals surface area contributed by atoms with Crippen molar-refractivity contribution >= 4 is 23.6 Å². The molecule has 0 bridgehead atoms. The number of aromatic nitrogens is 1. The van der Waals surface area contributed by atoms with E-state index < -0.39 is 5.60 Å². The van der Waals surface area contributed by atoms with Crippen molar-refractivity contribution in [3.05, 3.63) is 29.0 Å². The first-order chi connectivity index (χ1) is 10.7. The van der Waals surface area contributed by atoms with Crippen molar-refractivity contribution in [1.29, 1.82) is 0 Å². The molecule has 1 atom stereocenters. The van der Waals surface area contributed by atoms with E-state index in [1.54, 1.807) is 28.1 Å². The standard InChI is InChI=1S/C16H22ClN3O3/c1-11-10-19(14(21)12-6-5-7-18-13(12)17)8-9-20(11)15(22)23-16(2,3)4/h5-7,11H,8-10H2,1-4H3/t11-/m1/s1. The van der Waals surface area contributed by atoms with Crippen molar-refractivity contribution in [2.24, 2.45) is 0 Å². The Morgan fingerprint density at radius 3 is 2.61 bits per heavy atom. The largest absolute Gasteiger partial charge is 0.444 e. The minimum absolute atomic E-state index is 0.127. The van der Waals surface area contributed by atoms with Crippen molar-refractivity contribution < 1.29 is 14.3 Å². The van der Waals surface area contributed by atoms with Crippen LogP contribution in [0.4, 0.5) is 4.79 Å². The molecule has 1 aliphatic rings. The van der Waals surface area contributed by atoms with Gasteiger partial charge in [0.1, 0.15) is 10.8 Å². The highest BCUT2D eigenvalue weighted by Crippen LogP contribution is 2.19. The van der Waals surface area contributed by atoms with Crippen molar-refractivity contribution in [2.75, 3.05) is 19.6 Å². The van der Waals surface area contributed by atoms with Crippen LogP contribution in [-0.2, 0) is 4.74 Å². The third kappa shape index (κ3) is 4.34. The molecule has 0 saturated carbocycles. The van der Waals surface area contributed by atoms with E-state index >= 15 is 0 Å². The first kappa shape index (κ1) is 17.5. The van der Waals surface area contributed by atoms with Gasteiger partial charge in [-0.05, 0) is 39.8 Å². The van der Waals surface area contributed by atoms with Crippen molar-refractivity contribution in [3.8, 4) is 0 Å². The molecule has 2 rings (SSSR count). The Bertz CT molecular complexity index is 600. The molecule has 2 amide bonds. The first-order valence-electron chi connectivity index (χ1n) is 7.58. The average molecular weight is 340 g/mol. The number of carbonyl (C=O) groups excluding carboxylic acids is 2. The zero-order valence-electron chi connectivity index (χ0n) is 13.9. The zero-order valence-corrected chi connectivity index (χ0v) is 14.6. The van der Waals surface area contributed by atoms with Gasteiger partial charge < -0.3 is 14.5 Å². The molecule has 6 nitrogen and oxygen atoms in total. The van der Waals surface area contributed by atoms with Crippen LogP contribution in [0.15, 0.2) is 18.3 Å². The van der Waals surface area contributed by atoms with Gasteiger partial charge >= 0.3 is 6.09 Å². The van der Waals surface area contributed by atoms with E-state index in [1.807, 2.05) is 27.7 Å². The van der Waals surface area contributed by atoms with Crippen LogP contribution in [0.25, 0.3) is 0 Å². The van der Waals surface area contributed by atoms with Crippen LogP contribution in [0.2, 0.25) is 5.15 Å². The molecule has 1 aliphatic heterocycles. The Kier molecular flexibility index (Phi) is 5.14. The fraction of sp³-hybridized carbons (Fsp3) is 0.562. The summed E-state index contributed by atoms with van der Waals surface area (Å²) in [6.07, 6.45) is 1.19. The number of carbonyl (C=O) groups is 2. The monoisotopic (exact) mass is 339 g/mol. The highest BCUT2D eigenvalue weighted by Gasteiger charge is 2.33. The number of rotatable bonds is 1. The Hall–Kier alpha value is -1.82. The second kappa shape index (κ2) is 6.74. The Morgan fingerprint density at radius 1 is 1.35 bits per heavy atom. The van der Waals surface area contributed by atoms with Gasteiger partial charge in [0.15, 0.2) is 0 Å². The van der Waals surface area contributed by atoms with Crippen LogP contribution in [0.1, 0.15) is 38.1 Å². The smallest absolute Gasteiger partial charge is 0.410 e. The van der Waals surface area contributed by atoms with E-state index in [4.69, 9.17) is 16.3 Å².